The lowest BCUT2D eigenvalue weighted by Gasteiger charge is -2.00. The van der Waals surface area contributed by atoms with Crippen molar-refractivity contribution >= 4 is 44.9 Å². The first-order valence-electron chi connectivity index (χ1n) is 8.17. The zero-order chi connectivity index (χ0) is 18.6. The Hall–Kier alpha value is -2.68. The zero-order valence-electron chi connectivity index (χ0n) is 14.1. The molecule has 0 saturated carbocycles. The molecular formula is C19H15FN4OS2. The summed E-state index contributed by atoms with van der Waals surface area (Å²) in [6, 6.07) is 10.6. The van der Waals surface area contributed by atoms with Crippen molar-refractivity contribution in [1.29, 1.82) is 0 Å². The van der Waals surface area contributed by atoms with E-state index in [-0.39, 0.29) is 12.4 Å². The van der Waals surface area contributed by atoms with E-state index in [4.69, 9.17) is 0 Å². The molecule has 0 spiro atoms. The second-order valence-electron chi connectivity index (χ2n) is 5.76. The van der Waals surface area contributed by atoms with Gasteiger partial charge in [-0.15, -0.1) is 22.7 Å². The quantitative estimate of drug-likeness (QED) is 0.373. The molecule has 8 heteroatoms. The molecule has 4 aromatic rings. The van der Waals surface area contributed by atoms with Crippen LogP contribution in [0.5, 0.6) is 0 Å². The molecule has 136 valence electrons. The van der Waals surface area contributed by atoms with Crippen LogP contribution < -0.4 is 5.43 Å². The number of benzene rings is 1. The number of halogens is 1. The monoisotopic (exact) mass is 398 g/mol. The van der Waals surface area contributed by atoms with E-state index in [1.54, 1.807) is 18.3 Å². The van der Waals surface area contributed by atoms with Gasteiger partial charge in [-0.05, 0) is 34.7 Å². The Labute approximate surface area is 162 Å². The zero-order valence-corrected chi connectivity index (χ0v) is 15.7. The first-order chi connectivity index (χ1) is 13.2. The van der Waals surface area contributed by atoms with Gasteiger partial charge in [0.05, 0.1) is 23.1 Å². The van der Waals surface area contributed by atoms with Gasteiger partial charge in [-0.1, -0.05) is 18.2 Å². The number of hydrogen-bond acceptors (Lipinski definition) is 7. The number of anilines is 1. The van der Waals surface area contributed by atoms with Gasteiger partial charge in [0, 0.05) is 11.3 Å². The molecule has 2 N–H and O–H groups in total. The van der Waals surface area contributed by atoms with E-state index in [0.29, 0.717) is 17.8 Å². The summed E-state index contributed by atoms with van der Waals surface area (Å²) in [5.74, 6) is 0.383. The fourth-order valence-electron chi connectivity index (χ4n) is 2.65. The summed E-state index contributed by atoms with van der Waals surface area (Å²) >= 11 is 3.02. The first kappa shape index (κ1) is 17.7. The molecule has 0 amide bonds. The summed E-state index contributed by atoms with van der Waals surface area (Å²) in [4.78, 5) is 11.3. The van der Waals surface area contributed by atoms with Gasteiger partial charge >= 0.3 is 0 Å². The minimum absolute atomic E-state index is 0.0213. The first-order valence-corrected chi connectivity index (χ1v) is 9.87. The fraction of sp³-hybridized carbons (Fsp3) is 0.105. The molecule has 0 bridgehead atoms. The normalized spacial score (nSPS) is 11.5. The maximum absolute atomic E-state index is 13.9. The van der Waals surface area contributed by atoms with Crippen molar-refractivity contribution in [2.45, 2.75) is 13.0 Å². The summed E-state index contributed by atoms with van der Waals surface area (Å²) in [7, 11) is 0. The molecule has 0 radical (unpaired) electrons. The van der Waals surface area contributed by atoms with E-state index in [2.05, 4.69) is 20.5 Å². The maximum Gasteiger partial charge on any atom is 0.158 e. The second-order valence-corrected chi connectivity index (χ2v) is 7.82. The molecule has 4 rings (SSSR count). The molecule has 0 fully saturated rings. The van der Waals surface area contributed by atoms with Crippen molar-refractivity contribution in [2.24, 2.45) is 5.10 Å². The Kier molecular flexibility index (Phi) is 5.19. The van der Waals surface area contributed by atoms with Crippen LogP contribution in [0, 0.1) is 5.82 Å². The van der Waals surface area contributed by atoms with Crippen molar-refractivity contribution in [1.82, 2.24) is 9.97 Å². The summed E-state index contributed by atoms with van der Waals surface area (Å²) in [5, 5.41) is 16.3. The van der Waals surface area contributed by atoms with Crippen LogP contribution in [0.25, 0.3) is 10.2 Å². The number of nitrogens with one attached hydrogen (secondary N) is 1. The SMILES string of the molecule is OCc1ccsc1C=NNc1ncnc2sc(Cc3ccccc3F)cc12. The topological polar surface area (TPSA) is 70.4 Å². The molecule has 0 aliphatic carbocycles. The Balaban J connectivity index is 1.57. The molecule has 0 saturated heterocycles. The number of aliphatic hydroxyl groups excluding tert-OH is 1. The third-order valence-corrected chi connectivity index (χ3v) is 5.94. The average Bonchev–Trinajstić information content (AvgIpc) is 3.30. The van der Waals surface area contributed by atoms with Crippen LogP contribution in [-0.2, 0) is 13.0 Å². The van der Waals surface area contributed by atoms with Crippen LogP contribution in [0.3, 0.4) is 0 Å². The van der Waals surface area contributed by atoms with Gasteiger partial charge in [-0.25, -0.2) is 14.4 Å². The lowest BCUT2D eigenvalue weighted by atomic mass is 10.1. The minimum Gasteiger partial charge on any atom is -0.392 e. The van der Waals surface area contributed by atoms with Crippen LogP contribution in [-0.4, -0.2) is 21.3 Å². The summed E-state index contributed by atoms with van der Waals surface area (Å²) in [5.41, 5.74) is 4.43. The molecule has 0 atom stereocenters. The van der Waals surface area contributed by atoms with Gasteiger partial charge in [-0.3, -0.25) is 5.43 Å². The van der Waals surface area contributed by atoms with Crippen LogP contribution in [0.1, 0.15) is 20.9 Å². The standard InChI is InChI=1S/C19H15FN4OS2/c20-16-4-2-1-3-12(16)7-14-8-15-18(21-11-22-19(15)27-14)24-23-9-17-13(10-25)5-6-26-17/h1-6,8-9,11,25H,7,10H2,(H,21,22,24). The molecule has 5 nitrogen and oxygen atoms in total. The van der Waals surface area contributed by atoms with Gasteiger partial charge in [0.25, 0.3) is 0 Å². The number of hydrazone groups is 1. The van der Waals surface area contributed by atoms with Gasteiger partial charge < -0.3 is 5.11 Å². The number of thiophene rings is 2. The summed E-state index contributed by atoms with van der Waals surface area (Å²) in [6.45, 7) is -0.0213. The van der Waals surface area contributed by atoms with Crippen molar-refractivity contribution in [3.8, 4) is 0 Å². The highest BCUT2D eigenvalue weighted by molar-refractivity contribution is 7.18. The average molecular weight is 398 g/mol. The molecule has 1 aromatic carbocycles. The van der Waals surface area contributed by atoms with E-state index >= 15 is 0 Å². The fourth-order valence-corrected chi connectivity index (χ4v) is 4.45. The third kappa shape index (κ3) is 3.87. The molecular weight excluding hydrogens is 383 g/mol. The molecule has 3 aromatic heterocycles. The molecule has 0 aliphatic rings. The summed E-state index contributed by atoms with van der Waals surface area (Å²) < 4.78 is 13.9. The van der Waals surface area contributed by atoms with Crippen molar-refractivity contribution in [2.75, 3.05) is 5.43 Å². The predicted octanol–water partition coefficient (Wildman–Crippen LogP) is 4.42. The predicted molar refractivity (Wildman–Crippen MR) is 108 cm³/mol. The molecule has 27 heavy (non-hydrogen) atoms. The highest BCUT2D eigenvalue weighted by atomic mass is 32.1. The minimum atomic E-state index is -0.209. The number of aliphatic hydroxyl groups is 1. The van der Waals surface area contributed by atoms with Crippen molar-refractivity contribution < 1.29 is 9.50 Å². The van der Waals surface area contributed by atoms with Crippen LogP contribution in [0.15, 0.2) is 53.2 Å². The van der Waals surface area contributed by atoms with E-state index < -0.39 is 0 Å². The lowest BCUT2D eigenvalue weighted by Crippen LogP contribution is -1.95. The third-order valence-electron chi connectivity index (χ3n) is 4.01. The second kappa shape index (κ2) is 7.91. The number of rotatable bonds is 6. The number of nitrogens with zero attached hydrogens (tertiary/aromatic N) is 3. The van der Waals surface area contributed by atoms with Crippen molar-refractivity contribution in [3.05, 3.63) is 74.8 Å². The highest BCUT2D eigenvalue weighted by Gasteiger charge is 2.10. The van der Waals surface area contributed by atoms with E-state index in [1.807, 2.05) is 23.6 Å². The van der Waals surface area contributed by atoms with E-state index in [0.717, 1.165) is 25.5 Å². The number of hydrogen-bond donors (Lipinski definition) is 2. The Bertz CT molecular complexity index is 1110. The van der Waals surface area contributed by atoms with E-state index in [9.17, 15) is 9.50 Å². The van der Waals surface area contributed by atoms with Gasteiger partial charge in [0.15, 0.2) is 5.82 Å². The molecule has 0 aliphatic heterocycles. The number of aromatic nitrogens is 2. The van der Waals surface area contributed by atoms with Crippen LogP contribution >= 0.6 is 22.7 Å². The van der Waals surface area contributed by atoms with Crippen LogP contribution in [0.4, 0.5) is 10.2 Å². The Morgan fingerprint density at radius 2 is 2.07 bits per heavy atom. The van der Waals surface area contributed by atoms with Gasteiger partial charge in [0.1, 0.15) is 17.0 Å². The van der Waals surface area contributed by atoms with E-state index in [1.165, 1.54) is 35.1 Å². The molecule has 3 heterocycles. The maximum atomic E-state index is 13.9. The lowest BCUT2D eigenvalue weighted by molar-refractivity contribution is 0.282. The summed E-state index contributed by atoms with van der Waals surface area (Å²) in [6.07, 6.45) is 3.65. The highest BCUT2D eigenvalue weighted by Crippen LogP contribution is 2.30. The smallest absolute Gasteiger partial charge is 0.158 e. The Morgan fingerprint density at radius 1 is 1.19 bits per heavy atom. The molecule has 0 unspecified atom stereocenters. The Morgan fingerprint density at radius 3 is 2.93 bits per heavy atom. The van der Waals surface area contributed by atoms with Crippen molar-refractivity contribution in [3.63, 3.8) is 0 Å². The van der Waals surface area contributed by atoms with Gasteiger partial charge in [0.2, 0.25) is 0 Å². The van der Waals surface area contributed by atoms with Gasteiger partial charge in [-0.2, -0.15) is 5.10 Å². The number of fused-ring (bicyclic) bond motifs is 1. The largest absolute Gasteiger partial charge is 0.392 e. The van der Waals surface area contributed by atoms with Crippen LogP contribution in [0.2, 0.25) is 0 Å².